The number of hydrogen-bond donors (Lipinski definition) is 3. The summed E-state index contributed by atoms with van der Waals surface area (Å²) in [6.07, 6.45) is 3.14. The van der Waals surface area contributed by atoms with E-state index in [1.807, 2.05) is 6.92 Å². The molecule has 1 aliphatic rings. The van der Waals surface area contributed by atoms with Crippen molar-refractivity contribution < 1.29 is 9.90 Å². The van der Waals surface area contributed by atoms with Crippen molar-refractivity contribution in [3.63, 3.8) is 0 Å². The third-order valence-electron chi connectivity index (χ3n) is 3.59. The lowest BCUT2D eigenvalue weighted by Crippen LogP contribution is -2.29. The van der Waals surface area contributed by atoms with Crippen LogP contribution in [-0.4, -0.2) is 23.6 Å². The lowest BCUT2D eigenvalue weighted by atomic mass is 10.1. The van der Waals surface area contributed by atoms with Crippen LogP contribution in [0, 0.1) is 12.8 Å². The molecule has 18 heavy (non-hydrogen) atoms. The molecule has 0 spiro atoms. The van der Waals surface area contributed by atoms with Crippen LogP contribution >= 0.6 is 0 Å². The van der Waals surface area contributed by atoms with Gasteiger partial charge in [0.25, 0.3) is 5.91 Å². The summed E-state index contributed by atoms with van der Waals surface area (Å²) < 4.78 is 0. The first kappa shape index (κ1) is 12.9. The molecule has 1 aromatic rings. The maximum Gasteiger partial charge on any atom is 0.251 e. The van der Waals surface area contributed by atoms with Crippen LogP contribution in [0.3, 0.4) is 0 Å². The van der Waals surface area contributed by atoms with Gasteiger partial charge in [-0.3, -0.25) is 4.79 Å². The third-order valence-corrected chi connectivity index (χ3v) is 3.59. The van der Waals surface area contributed by atoms with Gasteiger partial charge in [-0.15, -0.1) is 0 Å². The van der Waals surface area contributed by atoms with Gasteiger partial charge in [0.15, 0.2) is 0 Å². The average molecular weight is 248 g/mol. The van der Waals surface area contributed by atoms with Crippen LogP contribution in [-0.2, 0) is 0 Å². The SMILES string of the molecule is Cc1cc(O)ccc1C(=O)NCC1CCC(N)C1. The number of benzene rings is 1. The molecule has 2 atom stereocenters. The Morgan fingerprint density at radius 2 is 2.28 bits per heavy atom. The minimum Gasteiger partial charge on any atom is -0.508 e. The van der Waals surface area contributed by atoms with Gasteiger partial charge in [0.05, 0.1) is 0 Å². The Hall–Kier alpha value is -1.55. The van der Waals surface area contributed by atoms with E-state index in [0.29, 0.717) is 24.1 Å². The molecular formula is C14H20N2O2. The molecule has 1 aliphatic carbocycles. The molecule has 0 saturated heterocycles. The summed E-state index contributed by atoms with van der Waals surface area (Å²) >= 11 is 0. The molecular weight excluding hydrogens is 228 g/mol. The summed E-state index contributed by atoms with van der Waals surface area (Å²) in [5.74, 6) is 0.611. The number of nitrogens with two attached hydrogens (primary N) is 1. The summed E-state index contributed by atoms with van der Waals surface area (Å²) in [4.78, 5) is 12.0. The molecule has 0 aliphatic heterocycles. The molecule has 98 valence electrons. The summed E-state index contributed by atoms with van der Waals surface area (Å²) in [7, 11) is 0. The summed E-state index contributed by atoms with van der Waals surface area (Å²) in [5.41, 5.74) is 7.25. The minimum absolute atomic E-state index is 0.0760. The average Bonchev–Trinajstić information content (AvgIpc) is 2.72. The number of hydrogen-bond acceptors (Lipinski definition) is 3. The largest absolute Gasteiger partial charge is 0.508 e. The van der Waals surface area contributed by atoms with Gasteiger partial charge >= 0.3 is 0 Å². The van der Waals surface area contributed by atoms with Crippen LogP contribution in [0.5, 0.6) is 5.75 Å². The van der Waals surface area contributed by atoms with Crippen molar-refractivity contribution in [2.75, 3.05) is 6.54 Å². The van der Waals surface area contributed by atoms with Gasteiger partial charge in [-0.1, -0.05) is 0 Å². The number of rotatable bonds is 3. The van der Waals surface area contributed by atoms with Gasteiger partial charge in [-0.25, -0.2) is 0 Å². The van der Waals surface area contributed by atoms with Crippen molar-refractivity contribution in [2.24, 2.45) is 11.7 Å². The smallest absolute Gasteiger partial charge is 0.251 e. The Morgan fingerprint density at radius 3 is 2.89 bits per heavy atom. The van der Waals surface area contributed by atoms with Crippen LogP contribution in [0.4, 0.5) is 0 Å². The Morgan fingerprint density at radius 1 is 1.50 bits per heavy atom. The second-order valence-electron chi connectivity index (χ2n) is 5.15. The highest BCUT2D eigenvalue weighted by Crippen LogP contribution is 2.23. The molecule has 4 nitrogen and oxygen atoms in total. The van der Waals surface area contributed by atoms with Crippen LogP contribution in [0.25, 0.3) is 0 Å². The molecule has 2 unspecified atom stereocenters. The molecule has 0 bridgehead atoms. The van der Waals surface area contributed by atoms with Crippen molar-refractivity contribution in [3.8, 4) is 5.75 Å². The molecule has 0 heterocycles. The standard InChI is InChI=1S/C14H20N2O2/c1-9-6-12(17)4-5-13(9)14(18)16-8-10-2-3-11(15)7-10/h4-6,10-11,17H,2-3,7-8,15H2,1H3,(H,16,18). The number of carbonyl (C=O) groups is 1. The van der Waals surface area contributed by atoms with E-state index < -0.39 is 0 Å². The number of carbonyl (C=O) groups excluding carboxylic acids is 1. The highest BCUT2D eigenvalue weighted by atomic mass is 16.3. The van der Waals surface area contributed by atoms with Crippen molar-refractivity contribution in [3.05, 3.63) is 29.3 Å². The predicted molar refractivity (Wildman–Crippen MR) is 70.5 cm³/mol. The molecule has 1 aromatic carbocycles. The fourth-order valence-electron chi connectivity index (χ4n) is 2.53. The lowest BCUT2D eigenvalue weighted by molar-refractivity contribution is 0.0946. The van der Waals surface area contributed by atoms with Gasteiger partial charge in [0.2, 0.25) is 0 Å². The normalized spacial score (nSPS) is 23.0. The van der Waals surface area contributed by atoms with Crippen molar-refractivity contribution in [2.45, 2.75) is 32.2 Å². The van der Waals surface area contributed by atoms with E-state index in [4.69, 9.17) is 5.73 Å². The summed E-state index contributed by atoms with van der Waals surface area (Å²) in [5, 5.41) is 12.3. The van der Waals surface area contributed by atoms with Crippen LogP contribution < -0.4 is 11.1 Å². The maximum absolute atomic E-state index is 12.0. The Bertz CT molecular complexity index is 445. The second-order valence-corrected chi connectivity index (χ2v) is 5.15. The van der Waals surface area contributed by atoms with E-state index in [9.17, 15) is 9.90 Å². The first-order valence-electron chi connectivity index (χ1n) is 6.39. The van der Waals surface area contributed by atoms with E-state index in [1.165, 1.54) is 6.07 Å². The quantitative estimate of drug-likeness (QED) is 0.759. The molecule has 2 rings (SSSR count). The molecule has 1 saturated carbocycles. The fourth-order valence-corrected chi connectivity index (χ4v) is 2.53. The minimum atomic E-state index is -0.0760. The Labute approximate surface area is 107 Å². The first-order chi connectivity index (χ1) is 8.56. The van der Waals surface area contributed by atoms with Crippen LogP contribution in [0.1, 0.15) is 35.2 Å². The van der Waals surface area contributed by atoms with Crippen molar-refractivity contribution >= 4 is 5.91 Å². The zero-order chi connectivity index (χ0) is 13.1. The van der Waals surface area contributed by atoms with Gasteiger partial charge < -0.3 is 16.2 Å². The number of aryl methyl sites for hydroxylation is 1. The Balaban J connectivity index is 1.91. The summed E-state index contributed by atoms with van der Waals surface area (Å²) in [6, 6.07) is 5.08. The van der Waals surface area contributed by atoms with Gasteiger partial charge in [0, 0.05) is 18.2 Å². The van der Waals surface area contributed by atoms with Crippen LogP contribution in [0.15, 0.2) is 18.2 Å². The number of phenolic OH excluding ortho intramolecular Hbond substituents is 1. The number of aromatic hydroxyl groups is 1. The monoisotopic (exact) mass is 248 g/mol. The van der Waals surface area contributed by atoms with Crippen LogP contribution in [0.2, 0.25) is 0 Å². The highest BCUT2D eigenvalue weighted by molar-refractivity contribution is 5.95. The molecule has 4 heteroatoms. The van der Waals surface area contributed by atoms with E-state index >= 15 is 0 Å². The van der Waals surface area contributed by atoms with Crippen molar-refractivity contribution in [1.82, 2.24) is 5.32 Å². The zero-order valence-corrected chi connectivity index (χ0v) is 10.6. The number of phenols is 1. The van der Waals surface area contributed by atoms with Gasteiger partial charge in [0.1, 0.15) is 5.75 Å². The van der Waals surface area contributed by atoms with E-state index in [1.54, 1.807) is 12.1 Å². The molecule has 1 fully saturated rings. The molecule has 4 N–H and O–H groups in total. The third kappa shape index (κ3) is 3.01. The molecule has 0 aromatic heterocycles. The summed E-state index contributed by atoms with van der Waals surface area (Å²) in [6.45, 7) is 2.51. The first-order valence-corrected chi connectivity index (χ1v) is 6.39. The van der Waals surface area contributed by atoms with E-state index in [0.717, 1.165) is 24.8 Å². The maximum atomic E-state index is 12.0. The zero-order valence-electron chi connectivity index (χ0n) is 10.6. The fraction of sp³-hybridized carbons (Fsp3) is 0.500. The van der Waals surface area contributed by atoms with E-state index in [2.05, 4.69) is 5.32 Å². The van der Waals surface area contributed by atoms with E-state index in [-0.39, 0.29) is 11.7 Å². The number of nitrogens with one attached hydrogen (secondary N) is 1. The molecule has 0 radical (unpaired) electrons. The Kier molecular flexibility index (Phi) is 3.87. The van der Waals surface area contributed by atoms with Crippen molar-refractivity contribution in [1.29, 1.82) is 0 Å². The lowest BCUT2D eigenvalue weighted by Gasteiger charge is -2.12. The number of amides is 1. The second kappa shape index (κ2) is 5.40. The van der Waals surface area contributed by atoms with Gasteiger partial charge in [-0.05, 0) is 55.9 Å². The predicted octanol–water partition coefficient (Wildman–Crippen LogP) is 1.56. The molecule has 1 amide bonds. The van der Waals surface area contributed by atoms with Gasteiger partial charge in [-0.2, -0.15) is 0 Å². The topological polar surface area (TPSA) is 75.3 Å². The highest BCUT2D eigenvalue weighted by Gasteiger charge is 2.22.